The average molecular weight is 287 g/mol. The van der Waals surface area contributed by atoms with Crippen LogP contribution in [-0.4, -0.2) is 6.66 Å². The fourth-order valence-electron chi connectivity index (χ4n) is 2.33. The van der Waals surface area contributed by atoms with E-state index in [2.05, 4.69) is 0 Å². The molecule has 0 spiro atoms. The van der Waals surface area contributed by atoms with E-state index in [0.717, 1.165) is 10.6 Å². The van der Waals surface area contributed by atoms with Crippen LogP contribution in [0.15, 0.2) is 90.9 Å². The maximum Gasteiger partial charge on any atom is 0.109 e. The SMILES string of the molecule is [3H]c1c([3H])c([3H])c([P+](C)(c2ccccc2)c2ccccc2)c([3H])c1[3H]. The molecule has 1 heteroatoms. The summed E-state index contributed by atoms with van der Waals surface area (Å²) in [5, 5.41) is 2.37. The average Bonchev–Trinajstić information content (AvgIpc) is 2.66. The van der Waals surface area contributed by atoms with Crippen molar-refractivity contribution in [2.75, 3.05) is 6.66 Å². The Morgan fingerprint density at radius 1 is 0.650 bits per heavy atom. The summed E-state index contributed by atoms with van der Waals surface area (Å²) < 4.78 is 40.9. The maximum atomic E-state index is 8.44. The monoisotopic (exact) mass is 287 g/mol. The van der Waals surface area contributed by atoms with E-state index in [1.54, 1.807) is 0 Å². The highest BCUT2D eigenvalue weighted by Crippen LogP contribution is 2.51. The number of benzene rings is 3. The third kappa shape index (κ3) is 2.28. The molecule has 3 aromatic rings. The van der Waals surface area contributed by atoms with Crippen LogP contribution in [0.1, 0.15) is 6.85 Å². The van der Waals surface area contributed by atoms with Crippen molar-refractivity contribution < 1.29 is 6.85 Å². The van der Waals surface area contributed by atoms with Crippen molar-refractivity contribution in [1.82, 2.24) is 0 Å². The lowest BCUT2D eigenvalue weighted by Crippen LogP contribution is -2.30. The van der Waals surface area contributed by atoms with Crippen molar-refractivity contribution in [2.24, 2.45) is 0 Å². The number of hydrogen-bond donors (Lipinski definition) is 0. The van der Waals surface area contributed by atoms with E-state index in [4.69, 9.17) is 6.85 Å². The zero-order valence-electron chi connectivity index (χ0n) is 16.2. The van der Waals surface area contributed by atoms with Crippen LogP contribution >= 0.6 is 7.26 Å². The summed E-state index contributed by atoms with van der Waals surface area (Å²) in [5.41, 5.74) is 0. The van der Waals surface area contributed by atoms with Crippen LogP contribution in [0.4, 0.5) is 0 Å². The largest absolute Gasteiger partial charge is 0.109 e. The van der Waals surface area contributed by atoms with Gasteiger partial charge in [0.2, 0.25) is 0 Å². The molecule has 0 fully saturated rings. The fourth-order valence-corrected chi connectivity index (χ4v) is 5.24. The van der Waals surface area contributed by atoms with Gasteiger partial charge in [0.15, 0.2) is 0 Å². The molecule has 0 aliphatic heterocycles. The Hall–Kier alpha value is -1.91. The summed E-state index contributed by atoms with van der Waals surface area (Å²) in [6.07, 6.45) is 0. The van der Waals surface area contributed by atoms with Gasteiger partial charge in [-0.1, -0.05) is 54.5 Å². The first-order chi connectivity index (χ1) is 11.9. The molecular weight excluding hydrogens is 259 g/mol. The first kappa shape index (κ1) is 8.39. The molecule has 0 bridgehead atoms. The standard InChI is InChI=1S/C19H18P/c1-20(17-11-5-2-6-12-17,18-13-7-3-8-14-18)19-15-9-4-10-16-19/h2-16H,1H3/q+1/i2T,5T,6T,11T,12T. The fraction of sp³-hybridized carbons (Fsp3) is 0.0526. The summed E-state index contributed by atoms with van der Waals surface area (Å²) in [6.45, 7) is 2.02. The van der Waals surface area contributed by atoms with E-state index in [-0.39, 0.29) is 30.2 Å². The van der Waals surface area contributed by atoms with E-state index in [1.165, 1.54) is 0 Å². The molecule has 3 rings (SSSR count). The predicted octanol–water partition coefficient (Wildman–Crippen LogP) is 3.61. The van der Waals surface area contributed by atoms with Crippen molar-refractivity contribution in [3.63, 3.8) is 0 Å². The molecule has 0 saturated carbocycles. The van der Waals surface area contributed by atoms with Gasteiger partial charge in [0.1, 0.15) is 23.2 Å². The molecule has 0 aliphatic carbocycles. The Balaban J connectivity index is 2.44. The first-order valence-electron chi connectivity index (χ1n) is 8.94. The highest BCUT2D eigenvalue weighted by molar-refractivity contribution is 7.95. The molecule has 0 N–H and O–H groups in total. The zero-order valence-corrected chi connectivity index (χ0v) is 12.1. The van der Waals surface area contributed by atoms with Crippen LogP contribution in [0, 0.1) is 0 Å². The summed E-state index contributed by atoms with van der Waals surface area (Å²) in [5.74, 6) is 0. The van der Waals surface area contributed by atoms with Gasteiger partial charge in [-0.2, -0.15) is 0 Å². The highest BCUT2D eigenvalue weighted by Gasteiger charge is 2.39. The van der Waals surface area contributed by atoms with Gasteiger partial charge >= 0.3 is 0 Å². The zero-order chi connectivity index (χ0) is 18.2. The molecular formula is C19H18P+. The second-order valence-corrected chi connectivity index (χ2v) is 8.14. The van der Waals surface area contributed by atoms with Crippen molar-refractivity contribution in [3.05, 3.63) is 90.9 Å². The molecule has 0 nitrogen and oxygen atoms in total. The molecule has 0 heterocycles. The van der Waals surface area contributed by atoms with Gasteiger partial charge in [0.05, 0.1) is 13.5 Å². The molecule has 98 valence electrons. The van der Waals surface area contributed by atoms with Crippen LogP contribution in [0.25, 0.3) is 0 Å². The van der Waals surface area contributed by atoms with Gasteiger partial charge in [-0.25, -0.2) is 0 Å². The van der Waals surface area contributed by atoms with Gasteiger partial charge in [-0.15, -0.1) is 0 Å². The van der Waals surface area contributed by atoms with Crippen molar-refractivity contribution in [2.45, 2.75) is 0 Å². The summed E-state index contributed by atoms with van der Waals surface area (Å²) in [6, 6.07) is 18.3. The van der Waals surface area contributed by atoms with Gasteiger partial charge in [0.25, 0.3) is 0 Å². The van der Waals surface area contributed by atoms with Gasteiger partial charge in [-0.05, 0) is 36.4 Å². The quantitative estimate of drug-likeness (QED) is 0.646. The third-order valence-corrected chi connectivity index (χ3v) is 7.26. The lowest BCUT2D eigenvalue weighted by atomic mass is 10.4. The first-order valence-corrected chi connectivity index (χ1v) is 8.68. The highest BCUT2D eigenvalue weighted by atomic mass is 31.2. The van der Waals surface area contributed by atoms with Crippen LogP contribution in [0.3, 0.4) is 0 Å². The third-order valence-electron chi connectivity index (χ3n) is 3.48. The normalized spacial score (nSPS) is 14.8. The van der Waals surface area contributed by atoms with Crippen LogP contribution in [0.5, 0.6) is 0 Å². The molecule has 20 heavy (non-hydrogen) atoms. The molecule has 0 atom stereocenters. The number of rotatable bonds is 3. The molecule has 0 aliphatic rings. The molecule has 0 amide bonds. The van der Waals surface area contributed by atoms with Gasteiger partial charge < -0.3 is 0 Å². The van der Waals surface area contributed by atoms with Gasteiger partial charge in [0, 0.05) is 0 Å². The maximum absolute atomic E-state index is 8.44. The second kappa shape index (κ2) is 5.61. The van der Waals surface area contributed by atoms with Crippen LogP contribution in [-0.2, 0) is 0 Å². The topological polar surface area (TPSA) is 0 Å². The van der Waals surface area contributed by atoms with Crippen molar-refractivity contribution in [3.8, 4) is 0 Å². The predicted molar refractivity (Wildman–Crippen MR) is 91.1 cm³/mol. The van der Waals surface area contributed by atoms with Crippen LogP contribution in [0.2, 0.25) is 0 Å². The minimum Gasteiger partial charge on any atom is -0.0620 e. The molecule has 0 unspecified atom stereocenters. The Morgan fingerprint density at radius 3 is 1.55 bits per heavy atom. The number of hydrogen-bond acceptors (Lipinski definition) is 0. The van der Waals surface area contributed by atoms with Crippen LogP contribution < -0.4 is 15.9 Å². The Morgan fingerprint density at radius 2 is 1.10 bits per heavy atom. The Bertz CT molecular complexity index is 842. The summed E-state index contributed by atoms with van der Waals surface area (Å²) in [7, 11) is -2.37. The molecule has 0 radical (unpaired) electrons. The minimum atomic E-state index is -2.37. The van der Waals surface area contributed by atoms with Crippen molar-refractivity contribution in [1.29, 1.82) is 0 Å². The Labute approximate surface area is 128 Å². The molecule has 3 aromatic carbocycles. The Kier molecular flexibility index (Phi) is 2.35. The lowest BCUT2D eigenvalue weighted by molar-refractivity contribution is 1.72. The van der Waals surface area contributed by atoms with Crippen molar-refractivity contribution >= 4 is 23.2 Å². The summed E-state index contributed by atoms with van der Waals surface area (Å²) in [4.78, 5) is 0. The smallest absolute Gasteiger partial charge is 0.0620 e. The van der Waals surface area contributed by atoms with Gasteiger partial charge in [-0.3, -0.25) is 0 Å². The molecule has 0 saturated heterocycles. The van der Waals surface area contributed by atoms with E-state index in [0.29, 0.717) is 5.30 Å². The van der Waals surface area contributed by atoms with E-state index in [1.807, 2.05) is 67.3 Å². The van der Waals surface area contributed by atoms with E-state index >= 15 is 0 Å². The lowest BCUT2D eigenvalue weighted by Gasteiger charge is -2.22. The van der Waals surface area contributed by atoms with E-state index in [9.17, 15) is 0 Å². The molecule has 0 aromatic heterocycles. The minimum absolute atomic E-state index is 0.116. The summed E-state index contributed by atoms with van der Waals surface area (Å²) >= 11 is 0. The second-order valence-electron chi connectivity index (χ2n) is 4.65. The van der Waals surface area contributed by atoms with E-state index < -0.39 is 7.26 Å².